The predicted octanol–water partition coefficient (Wildman–Crippen LogP) is 1.75. The van der Waals surface area contributed by atoms with E-state index < -0.39 is 5.97 Å². The SMILES string of the molecule is CCC(=Cc1cccc(C=CC(=O)N2CCN(C)CC2)n1)C(=O)O. The molecular formula is C18H23N3O3. The first-order valence-corrected chi connectivity index (χ1v) is 8.06. The molecule has 1 aromatic rings. The van der Waals surface area contributed by atoms with Crippen molar-refractivity contribution in [2.75, 3.05) is 33.2 Å². The minimum atomic E-state index is -0.939. The van der Waals surface area contributed by atoms with Crippen molar-refractivity contribution in [1.29, 1.82) is 0 Å². The van der Waals surface area contributed by atoms with Crippen molar-refractivity contribution in [2.45, 2.75) is 13.3 Å². The summed E-state index contributed by atoms with van der Waals surface area (Å²) in [6.45, 7) is 5.02. The molecule has 2 heterocycles. The van der Waals surface area contributed by atoms with E-state index in [2.05, 4.69) is 9.88 Å². The first-order valence-electron chi connectivity index (χ1n) is 8.06. The molecule has 0 unspecified atom stereocenters. The maximum absolute atomic E-state index is 12.2. The minimum Gasteiger partial charge on any atom is -0.478 e. The summed E-state index contributed by atoms with van der Waals surface area (Å²) < 4.78 is 0. The third-order valence-electron chi connectivity index (χ3n) is 3.98. The van der Waals surface area contributed by atoms with Crippen LogP contribution in [0.15, 0.2) is 29.8 Å². The molecule has 24 heavy (non-hydrogen) atoms. The smallest absolute Gasteiger partial charge is 0.331 e. The normalized spacial score (nSPS) is 16.6. The Morgan fingerprint density at radius 2 is 1.88 bits per heavy atom. The number of aliphatic carboxylic acids is 1. The molecule has 1 aliphatic heterocycles. The van der Waals surface area contributed by atoms with Gasteiger partial charge in [-0.05, 0) is 37.8 Å². The lowest BCUT2D eigenvalue weighted by Crippen LogP contribution is -2.46. The number of likely N-dealkylation sites (N-methyl/N-ethyl adjacent to an activating group) is 1. The molecule has 0 aromatic carbocycles. The molecule has 1 saturated heterocycles. The Morgan fingerprint density at radius 1 is 1.21 bits per heavy atom. The van der Waals surface area contributed by atoms with Crippen molar-refractivity contribution >= 4 is 24.0 Å². The molecule has 1 N–H and O–H groups in total. The van der Waals surface area contributed by atoms with Crippen LogP contribution >= 0.6 is 0 Å². The molecule has 2 rings (SSSR count). The number of hydrogen-bond donors (Lipinski definition) is 1. The molecule has 0 spiro atoms. The molecule has 6 nitrogen and oxygen atoms in total. The van der Waals surface area contributed by atoms with Crippen LogP contribution in [-0.4, -0.2) is 65.0 Å². The van der Waals surface area contributed by atoms with Gasteiger partial charge in [0.15, 0.2) is 0 Å². The van der Waals surface area contributed by atoms with Crippen molar-refractivity contribution in [2.24, 2.45) is 0 Å². The van der Waals surface area contributed by atoms with Crippen LogP contribution in [0, 0.1) is 0 Å². The van der Waals surface area contributed by atoms with Gasteiger partial charge in [-0.1, -0.05) is 13.0 Å². The van der Waals surface area contributed by atoms with Crippen molar-refractivity contribution < 1.29 is 14.7 Å². The van der Waals surface area contributed by atoms with Gasteiger partial charge in [0.1, 0.15) is 0 Å². The number of piperazine rings is 1. The summed E-state index contributed by atoms with van der Waals surface area (Å²) in [6.07, 6.45) is 5.18. The average Bonchev–Trinajstić information content (AvgIpc) is 2.58. The Hall–Kier alpha value is -2.47. The molecule has 6 heteroatoms. The molecule has 1 fully saturated rings. The first-order chi connectivity index (χ1) is 11.5. The molecule has 0 bridgehead atoms. The molecule has 128 valence electrons. The van der Waals surface area contributed by atoms with E-state index in [-0.39, 0.29) is 5.91 Å². The fourth-order valence-corrected chi connectivity index (χ4v) is 2.42. The van der Waals surface area contributed by atoms with E-state index in [9.17, 15) is 9.59 Å². The highest BCUT2D eigenvalue weighted by atomic mass is 16.4. The van der Waals surface area contributed by atoms with Gasteiger partial charge in [0.05, 0.1) is 11.4 Å². The van der Waals surface area contributed by atoms with Gasteiger partial charge in [-0.25, -0.2) is 9.78 Å². The third-order valence-corrected chi connectivity index (χ3v) is 3.98. The van der Waals surface area contributed by atoms with E-state index in [4.69, 9.17) is 5.11 Å². The second kappa shape index (κ2) is 8.40. The van der Waals surface area contributed by atoms with Gasteiger partial charge in [-0.3, -0.25) is 4.79 Å². The first kappa shape index (κ1) is 17.9. The van der Waals surface area contributed by atoms with Crippen LogP contribution < -0.4 is 0 Å². The van der Waals surface area contributed by atoms with Gasteiger partial charge < -0.3 is 14.9 Å². The largest absolute Gasteiger partial charge is 0.478 e. The van der Waals surface area contributed by atoms with E-state index in [0.717, 1.165) is 26.2 Å². The number of carbonyl (C=O) groups is 2. The number of rotatable bonds is 5. The molecule has 0 radical (unpaired) electrons. The summed E-state index contributed by atoms with van der Waals surface area (Å²) >= 11 is 0. The molecule has 0 atom stereocenters. The van der Waals surface area contributed by atoms with E-state index >= 15 is 0 Å². The highest BCUT2D eigenvalue weighted by Gasteiger charge is 2.16. The standard InChI is InChI=1S/C18H23N3O3/c1-3-14(18(23)24)13-16-6-4-5-15(19-16)7-8-17(22)21-11-9-20(2)10-12-21/h4-8,13H,3,9-12H2,1-2H3,(H,23,24). The summed E-state index contributed by atoms with van der Waals surface area (Å²) in [7, 11) is 2.04. The zero-order chi connectivity index (χ0) is 17.5. The van der Waals surface area contributed by atoms with Crippen molar-refractivity contribution in [3.05, 3.63) is 41.2 Å². The lowest BCUT2D eigenvalue weighted by atomic mass is 10.1. The van der Waals surface area contributed by atoms with E-state index in [1.807, 2.05) is 11.9 Å². The number of aromatic nitrogens is 1. The molecule has 1 aromatic heterocycles. The van der Waals surface area contributed by atoms with Crippen LogP contribution in [0.3, 0.4) is 0 Å². The minimum absolute atomic E-state index is 0.0226. The van der Waals surface area contributed by atoms with Gasteiger partial charge in [0.2, 0.25) is 5.91 Å². The van der Waals surface area contributed by atoms with Crippen LogP contribution in [0.1, 0.15) is 24.7 Å². The number of carbonyl (C=O) groups excluding carboxylic acids is 1. The van der Waals surface area contributed by atoms with Gasteiger partial charge in [-0.15, -0.1) is 0 Å². The Balaban J connectivity index is 2.06. The fraction of sp³-hybridized carbons (Fsp3) is 0.389. The van der Waals surface area contributed by atoms with Gasteiger partial charge in [0, 0.05) is 37.8 Å². The number of pyridine rings is 1. The van der Waals surface area contributed by atoms with Gasteiger partial charge in [-0.2, -0.15) is 0 Å². The number of nitrogens with zero attached hydrogens (tertiary/aromatic N) is 3. The average molecular weight is 329 g/mol. The van der Waals surface area contributed by atoms with Crippen LogP contribution in [-0.2, 0) is 9.59 Å². The maximum Gasteiger partial charge on any atom is 0.331 e. The van der Waals surface area contributed by atoms with Gasteiger partial charge >= 0.3 is 5.97 Å². The van der Waals surface area contributed by atoms with Crippen LogP contribution in [0.4, 0.5) is 0 Å². The molecule has 0 saturated carbocycles. The van der Waals surface area contributed by atoms with Crippen LogP contribution in [0.5, 0.6) is 0 Å². The summed E-state index contributed by atoms with van der Waals surface area (Å²) in [6, 6.07) is 5.34. The highest BCUT2D eigenvalue weighted by Crippen LogP contribution is 2.10. The Labute approximate surface area is 142 Å². The highest BCUT2D eigenvalue weighted by molar-refractivity contribution is 5.92. The van der Waals surface area contributed by atoms with E-state index in [1.165, 1.54) is 6.08 Å². The number of hydrogen-bond acceptors (Lipinski definition) is 4. The summed E-state index contributed by atoms with van der Waals surface area (Å²) in [5.41, 5.74) is 1.51. The number of carboxylic acid groups (broad SMARTS) is 1. The zero-order valence-electron chi connectivity index (χ0n) is 14.1. The van der Waals surface area contributed by atoms with Crippen molar-refractivity contribution in [3.63, 3.8) is 0 Å². The second-order valence-corrected chi connectivity index (χ2v) is 5.78. The molecule has 1 amide bonds. The van der Waals surface area contributed by atoms with Crippen LogP contribution in [0.2, 0.25) is 0 Å². The molecule has 0 aliphatic carbocycles. The molecular weight excluding hydrogens is 306 g/mol. The summed E-state index contributed by atoms with van der Waals surface area (Å²) in [5.74, 6) is -0.962. The van der Waals surface area contributed by atoms with Crippen molar-refractivity contribution in [3.8, 4) is 0 Å². The molecule has 1 aliphatic rings. The quantitative estimate of drug-likeness (QED) is 0.833. The van der Waals surface area contributed by atoms with E-state index in [0.29, 0.717) is 23.4 Å². The summed E-state index contributed by atoms with van der Waals surface area (Å²) in [4.78, 5) is 31.6. The topological polar surface area (TPSA) is 73.7 Å². The maximum atomic E-state index is 12.2. The Morgan fingerprint density at radius 3 is 2.50 bits per heavy atom. The lowest BCUT2D eigenvalue weighted by molar-refractivity contribution is -0.132. The number of amides is 1. The third kappa shape index (κ3) is 5.03. The van der Waals surface area contributed by atoms with Crippen molar-refractivity contribution in [1.82, 2.24) is 14.8 Å². The van der Waals surface area contributed by atoms with Gasteiger partial charge in [0.25, 0.3) is 0 Å². The fourth-order valence-electron chi connectivity index (χ4n) is 2.42. The monoisotopic (exact) mass is 329 g/mol. The zero-order valence-corrected chi connectivity index (χ0v) is 14.1. The number of carboxylic acids is 1. The van der Waals surface area contributed by atoms with Crippen LogP contribution in [0.25, 0.3) is 12.2 Å². The summed E-state index contributed by atoms with van der Waals surface area (Å²) in [5, 5.41) is 9.08. The Bertz CT molecular complexity index is 659. The Kier molecular flexibility index (Phi) is 6.26. The van der Waals surface area contributed by atoms with E-state index in [1.54, 1.807) is 37.3 Å². The lowest BCUT2D eigenvalue weighted by Gasteiger charge is -2.31. The predicted molar refractivity (Wildman–Crippen MR) is 93.3 cm³/mol. The second-order valence-electron chi connectivity index (χ2n) is 5.78.